The lowest BCUT2D eigenvalue weighted by Gasteiger charge is -2.06. The molecule has 0 unspecified atom stereocenters. The Hall–Kier alpha value is -1.25. The van der Waals surface area contributed by atoms with E-state index >= 15 is 0 Å². The number of pyridine rings is 1. The zero-order valence-electron chi connectivity index (χ0n) is 7.64. The van der Waals surface area contributed by atoms with Crippen LogP contribution in [-0.4, -0.2) is 4.98 Å². The molecule has 0 aliphatic carbocycles. The average molecular weight is 166 g/mol. The summed E-state index contributed by atoms with van der Waals surface area (Å²) in [6.07, 6.45) is 0. The van der Waals surface area contributed by atoms with Crippen LogP contribution in [0.2, 0.25) is 0 Å². The van der Waals surface area contributed by atoms with Crippen LogP contribution < -0.4 is 11.3 Å². The highest BCUT2D eigenvalue weighted by Crippen LogP contribution is 2.12. The minimum Gasteiger partial charge on any atom is -0.385 e. The number of nitrogens with one attached hydrogen (secondary N) is 1. The second-order valence-electron chi connectivity index (χ2n) is 3.31. The summed E-state index contributed by atoms with van der Waals surface area (Å²) in [7, 11) is 0. The highest BCUT2D eigenvalue weighted by atomic mass is 16.1. The number of hydrogen-bond acceptors (Lipinski definition) is 2. The lowest BCUT2D eigenvalue weighted by atomic mass is 10.0. The number of rotatable bonds is 1. The average Bonchev–Trinajstić information content (AvgIpc) is 1.96. The van der Waals surface area contributed by atoms with Crippen molar-refractivity contribution in [3.63, 3.8) is 0 Å². The molecule has 1 heterocycles. The Morgan fingerprint density at radius 2 is 2.08 bits per heavy atom. The Morgan fingerprint density at radius 1 is 1.50 bits per heavy atom. The molecule has 1 aromatic heterocycles. The fraction of sp³-hybridized carbons (Fsp3) is 0.444. The number of aromatic amines is 1. The minimum absolute atomic E-state index is 0.0758. The summed E-state index contributed by atoms with van der Waals surface area (Å²) >= 11 is 0. The Labute approximate surface area is 71.6 Å². The summed E-state index contributed by atoms with van der Waals surface area (Å²) in [6, 6.07) is 1.85. The highest BCUT2D eigenvalue weighted by Gasteiger charge is 2.06. The van der Waals surface area contributed by atoms with Crippen LogP contribution in [0.4, 0.5) is 5.82 Å². The SMILES string of the molecule is Cc1cc(C(C)C)c(=O)[nH]c1N. The van der Waals surface area contributed by atoms with Crippen LogP contribution in [0.15, 0.2) is 10.9 Å². The Kier molecular flexibility index (Phi) is 2.22. The van der Waals surface area contributed by atoms with Crippen LogP contribution in [-0.2, 0) is 0 Å². The summed E-state index contributed by atoms with van der Waals surface area (Å²) in [5.41, 5.74) is 7.18. The van der Waals surface area contributed by atoms with Crippen molar-refractivity contribution in [3.8, 4) is 0 Å². The first kappa shape index (κ1) is 8.84. The predicted molar refractivity (Wildman–Crippen MR) is 50.3 cm³/mol. The van der Waals surface area contributed by atoms with E-state index in [2.05, 4.69) is 4.98 Å². The standard InChI is InChI=1S/C9H14N2O/c1-5(2)7-4-6(3)8(10)11-9(7)12/h4-5H,1-3H3,(H3,10,11,12). The third-order valence-electron chi connectivity index (χ3n) is 1.93. The van der Waals surface area contributed by atoms with E-state index < -0.39 is 0 Å². The van der Waals surface area contributed by atoms with Crippen LogP contribution in [0.25, 0.3) is 0 Å². The second-order valence-corrected chi connectivity index (χ2v) is 3.31. The zero-order valence-corrected chi connectivity index (χ0v) is 7.64. The molecule has 0 aromatic carbocycles. The Balaban J connectivity index is 3.33. The largest absolute Gasteiger partial charge is 0.385 e. The Bertz CT molecular complexity index is 339. The maximum Gasteiger partial charge on any atom is 0.252 e. The maximum absolute atomic E-state index is 11.3. The van der Waals surface area contributed by atoms with Crippen LogP contribution in [0.3, 0.4) is 0 Å². The summed E-state index contributed by atoms with van der Waals surface area (Å²) in [5, 5.41) is 0. The number of nitrogen functional groups attached to an aromatic ring is 1. The molecular formula is C9H14N2O. The van der Waals surface area contributed by atoms with Gasteiger partial charge in [-0.05, 0) is 24.5 Å². The third-order valence-corrected chi connectivity index (χ3v) is 1.93. The maximum atomic E-state index is 11.3. The normalized spacial score (nSPS) is 10.7. The lowest BCUT2D eigenvalue weighted by Crippen LogP contribution is -2.16. The molecule has 66 valence electrons. The van der Waals surface area contributed by atoms with E-state index in [9.17, 15) is 4.79 Å². The number of nitrogens with two attached hydrogens (primary N) is 1. The van der Waals surface area contributed by atoms with Gasteiger partial charge < -0.3 is 10.7 Å². The Morgan fingerprint density at radius 3 is 2.58 bits per heavy atom. The molecule has 1 aromatic rings. The first-order chi connectivity index (χ1) is 5.52. The molecule has 0 fully saturated rings. The zero-order chi connectivity index (χ0) is 9.30. The van der Waals surface area contributed by atoms with Gasteiger partial charge in [0.25, 0.3) is 5.56 Å². The first-order valence-corrected chi connectivity index (χ1v) is 4.01. The van der Waals surface area contributed by atoms with E-state index in [0.29, 0.717) is 5.82 Å². The molecule has 3 heteroatoms. The molecule has 0 atom stereocenters. The van der Waals surface area contributed by atoms with Gasteiger partial charge in [0.15, 0.2) is 0 Å². The molecule has 3 N–H and O–H groups in total. The van der Waals surface area contributed by atoms with Gasteiger partial charge in [0.05, 0.1) is 0 Å². The molecule has 0 amide bonds. The van der Waals surface area contributed by atoms with Crippen molar-refractivity contribution < 1.29 is 0 Å². The number of anilines is 1. The van der Waals surface area contributed by atoms with Crippen molar-refractivity contribution in [1.82, 2.24) is 4.98 Å². The van der Waals surface area contributed by atoms with E-state index in [1.807, 2.05) is 26.8 Å². The fourth-order valence-corrected chi connectivity index (χ4v) is 1.10. The van der Waals surface area contributed by atoms with Crippen LogP contribution in [0.1, 0.15) is 30.9 Å². The van der Waals surface area contributed by atoms with Gasteiger partial charge >= 0.3 is 0 Å². The molecule has 1 rings (SSSR count). The molecule has 0 spiro atoms. The number of aryl methyl sites for hydroxylation is 1. The highest BCUT2D eigenvalue weighted by molar-refractivity contribution is 5.40. The summed E-state index contributed by atoms with van der Waals surface area (Å²) in [5.74, 6) is 0.706. The van der Waals surface area contributed by atoms with E-state index in [-0.39, 0.29) is 11.5 Å². The van der Waals surface area contributed by atoms with E-state index in [4.69, 9.17) is 5.73 Å². The van der Waals surface area contributed by atoms with Crippen molar-refractivity contribution >= 4 is 5.82 Å². The summed E-state index contributed by atoms with van der Waals surface area (Å²) in [4.78, 5) is 13.9. The molecular weight excluding hydrogens is 152 g/mol. The predicted octanol–water partition coefficient (Wildman–Crippen LogP) is 1.39. The molecule has 12 heavy (non-hydrogen) atoms. The van der Waals surface area contributed by atoms with Gasteiger partial charge in [-0.1, -0.05) is 13.8 Å². The topological polar surface area (TPSA) is 58.9 Å². The van der Waals surface area contributed by atoms with Gasteiger partial charge in [0.1, 0.15) is 5.82 Å². The van der Waals surface area contributed by atoms with Crippen LogP contribution >= 0.6 is 0 Å². The van der Waals surface area contributed by atoms with Crippen molar-refractivity contribution in [3.05, 3.63) is 27.5 Å². The lowest BCUT2D eigenvalue weighted by molar-refractivity contribution is 0.842. The van der Waals surface area contributed by atoms with Gasteiger partial charge in [-0.15, -0.1) is 0 Å². The van der Waals surface area contributed by atoms with E-state index in [0.717, 1.165) is 11.1 Å². The summed E-state index contributed by atoms with van der Waals surface area (Å²) < 4.78 is 0. The molecule has 0 saturated heterocycles. The first-order valence-electron chi connectivity index (χ1n) is 4.01. The number of hydrogen-bond donors (Lipinski definition) is 2. The molecule has 0 aliphatic rings. The van der Waals surface area contributed by atoms with Crippen molar-refractivity contribution in [2.24, 2.45) is 0 Å². The second kappa shape index (κ2) is 3.01. The smallest absolute Gasteiger partial charge is 0.252 e. The molecule has 0 bridgehead atoms. The van der Waals surface area contributed by atoms with Crippen molar-refractivity contribution in [1.29, 1.82) is 0 Å². The third kappa shape index (κ3) is 1.49. The van der Waals surface area contributed by atoms with Crippen molar-refractivity contribution in [2.75, 3.05) is 5.73 Å². The molecule has 0 radical (unpaired) electrons. The van der Waals surface area contributed by atoms with Gasteiger partial charge in [0, 0.05) is 5.56 Å². The number of H-pyrrole nitrogens is 1. The molecule has 0 saturated carbocycles. The van der Waals surface area contributed by atoms with Gasteiger partial charge in [-0.3, -0.25) is 4.79 Å². The molecule has 0 aliphatic heterocycles. The van der Waals surface area contributed by atoms with E-state index in [1.54, 1.807) is 0 Å². The molecule has 3 nitrogen and oxygen atoms in total. The van der Waals surface area contributed by atoms with Crippen LogP contribution in [0.5, 0.6) is 0 Å². The quantitative estimate of drug-likeness (QED) is 0.662. The van der Waals surface area contributed by atoms with Gasteiger partial charge in [0.2, 0.25) is 0 Å². The minimum atomic E-state index is -0.0758. The monoisotopic (exact) mass is 166 g/mol. The van der Waals surface area contributed by atoms with Crippen LogP contribution in [0, 0.1) is 6.92 Å². The van der Waals surface area contributed by atoms with Crippen molar-refractivity contribution in [2.45, 2.75) is 26.7 Å². The van der Waals surface area contributed by atoms with Gasteiger partial charge in [-0.25, -0.2) is 0 Å². The number of aromatic nitrogens is 1. The summed E-state index contributed by atoms with van der Waals surface area (Å²) in [6.45, 7) is 5.86. The van der Waals surface area contributed by atoms with Gasteiger partial charge in [-0.2, -0.15) is 0 Å². The fourth-order valence-electron chi connectivity index (χ4n) is 1.10. The van der Waals surface area contributed by atoms with E-state index in [1.165, 1.54) is 0 Å².